The molecule has 164 valence electrons. The normalized spacial score (nSPS) is 12.9. The van der Waals surface area contributed by atoms with E-state index in [0.29, 0.717) is 11.1 Å². The molecule has 0 amide bonds. The Morgan fingerprint density at radius 2 is 1.74 bits per heavy atom. The number of likely N-dealkylation sites (N-methyl/N-ethyl adjacent to an activating group) is 1. The maximum Gasteiger partial charge on any atom is 0.238 e. The first-order valence-electron chi connectivity index (χ1n) is 9.80. The van der Waals surface area contributed by atoms with Crippen molar-refractivity contribution < 1.29 is 17.6 Å². The Hall–Kier alpha value is -2.81. The molecule has 1 unspecified atom stereocenters. The van der Waals surface area contributed by atoms with Gasteiger partial charge in [-0.2, -0.15) is 0 Å². The van der Waals surface area contributed by atoms with Gasteiger partial charge in [-0.3, -0.25) is 9.69 Å². The van der Waals surface area contributed by atoms with Gasteiger partial charge in [-0.15, -0.1) is 0 Å². The van der Waals surface area contributed by atoms with Crippen molar-refractivity contribution in [3.05, 3.63) is 82.9 Å². The molecule has 2 aromatic carbocycles. The number of nitrogens with zero attached hydrogens (tertiary/aromatic N) is 2. The fraction of sp³-hybridized carbons (Fsp3) is 0.261. The van der Waals surface area contributed by atoms with Gasteiger partial charge in [-0.05, 0) is 64.2 Å². The van der Waals surface area contributed by atoms with Gasteiger partial charge in [-0.1, -0.05) is 18.2 Å². The number of halogens is 1. The number of sulfonamides is 1. The van der Waals surface area contributed by atoms with E-state index in [1.165, 1.54) is 18.2 Å². The van der Waals surface area contributed by atoms with E-state index in [2.05, 4.69) is 0 Å². The van der Waals surface area contributed by atoms with Crippen molar-refractivity contribution in [3.8, 4) is 5.69 Å². The number of primary sulfonamides is 1. The van der Waals surface area contributed by atoms with E-state index in [9.17, 15) is 17.6 Å². The van der Waals surface area contributed by atoms with E-state index in [0.717, 1.165) is 17.1 Å². The Balaban J connectivity index is 1.84. The van der Waals surface area contributed by atoms with Gasteiger partial charge in [0, 0.05) is 34.2 Å². The molecule has 3 rings (SSSR count). The Labute approximate surface area is 182 Å². The van der Waals surface area contributed by atoms with Crippen LogP contribution in [0.2, 0.25) is 0 Å². The molecule has 0 fully saturated rings. The SMILES string of the molecule is Cc1cc(C(=O)CN(C)C(C)c2ccccc2F)c(C)n1-c1ccc(S(N)(=O)=O)cc1. The molecule has 0 saturated heterocycles. The predicted molar refractivity (Wildman–Crippen MR) is 118 cm³/mol. The summed E-state index contributed by atoms with van der Waals surface area (Å²) in [5.41, 5.74) is 3.43. The van der Waals surface area contributed by atoms with Gasteiger partial charge in [0.1, 0.15) is 5.82 Å². The van der Waals surface area contributed by atoms with E-state index in [-0.39, 0.29) is 29.1 Å². The Morgan fingerprint density at radius 1 is 1.13 bits per heavy atom. The minimum Gasteiger partial charge on any atom is -0.318 e. The molecule has 8 heteroatoms. The molecule has 0 aliphatic rings. The number of Topliss-reactive ketones (excluding diaryl/α,β-unsaturated/α-hetero) is 1. The Morgan fingerprint density at radius 3 is 2.32 bits per heavy atom. The molecular formula is C23H26FN3O3S. The van der Waals surface area contributed by atoms with Crippen LogP contribution in [-0.4, -0.2) is 37.3 Å². The number of carbonyl (C=O) groups is 1. The van der Waals surface area contributed by atoms with Crippen molar-refractivity contribution in [2.75, 3.05) is 13.6 Å². The molecule has 0 spiro atoms. The number of aryl methyl sites for hydroxylation is 1. The fourth-order valence-corrected chi connectivity index (χ4v) is 4.24. The van der Waals surface area contributed by atoms with Crippen molar-refractivity contribution in [3.63, 3.8) is 0 Å². The molecule has 3 aromatic rings. The van der Waals surface area contributed by atoms with Crippen LogP contribution in [0.3, 0.4) is 0 Å². The molecule has 0 radical (unpaired) electrons. The van der Waals surface area contributed by atoms with E-state index >= 15 is 0 Å². The number of nitrogens with two attached hydrogens (primary N) is 1. The van der Waals surface area contributed by atoms with Crippen LogP contribution in [0.15, 0.2) is 59.5 Å². The minimum absolute atomic E-state index is 0.0266. The third-order valence-corrected chi connectivity index (χ3v) is 6.49. The first-order chi connectivity index (χ1) is 14.5. The number of hydrogen-bond acceptors (Lipinski definition) is 4. The minimum atomic E-state index is -3.77. The average molecular weight is 444 g/mol. The largest absolute Gasteiger partial charge is 0.318 e. The molecule has 1 atom stereocenters. The Kier molecular flexibility index (Phi) is 6.45. The summed E-state index contributed by atoms with van der Waals surface area (Å²) in [6, 6.07) is 14.3. The molecule has 6 nitrogen and oxygen atoms in total. The number of ketones is 1. The predicted octanol–water partition coefficient (Wildman–Crippen LogP) is 3.76. The molecule has 0 bridgehead atoms. The third kappa shape index (κ3) is 4.76. The molecule has 31 heavy (non-hydrogen) atoms. The monoisotopic (exact) mass is 443 g/mol. The second-order valence-corrected chi connectivity index (χ2v) is 9.26. The number of rotatable bonds is 7. The van der Waals surface area contributed by atoms with E-state index in [4.69, 9.17) is 5.14 Å². The quantitative estimate of drug-likeness (QED) is 0.564. The molecule has 1 heterocycles. The fourth-order valence-electron chi connectivity index (χ4n) is 3.73. The van der Waals surface area contributed by atoms with Gasteiger partial charge in [0.15, 0.2) is 5.78 Å². The van der Waals surface area contributed by atoms with Crippen LogP contribution >= 0.6 is 0 Å². The van der Waals surface area contributed by atoms with E-state index in [1.807, 2.05) is 36.3 Å². The average Bonchev–Trinajstić information content (AvgIpc) is 3.01. The van der Waals surface area contributed by atoms with Crippen LogP contribution in [-0.2, 0) is 10.0 Å². The zero-order valence-electron chi connectivity index (χ0n) is 18.0. The standard InChI is InChI=1S/C23H26FN3O3S/c1-15-13-21(17(3)27(15)18-9-11-19(12-10-18)31(25,29)30)23(28)14-26(4)16(2)20-7-5-6-8-22(20)24/h5-13,16H,14H2,1-4H3,(H2,25,29,30). The zero-order chi connectivity index (χ0) is 22.9. The molecule has 2 N–H and O–H groups in total. The zero-order valence-corrected chi connectivity index (χ0v) is 18.8. The summed E-state index contributed by atoms with van der Waals surface area (Å²) in [4.78, 5) is 14.9. The van der Waals surface area contributed by atoms with E-state index in [1.54, 1.807) is 37.4 Å². The van der Waals surface area contributed by atoms with Crippen LogP contribution in [0, 0.1) is 19.7 Å². The molecular weight excluding hydrogens is 417 g/mol. The van der Waals surface area contributed by atoms with Crippen molar-refractivity contribution in [2.45, 2.75) is 31.7 Å². The van der Waals surface area contributed by atoms with Crippen molar-refractivity contribution >= 4 is 15.8 Å². The molecule has 1 aromatic heterocycles. The van der Waals surface area contributed by atoms with Gasteiger partial charge in [0.2, 0.25) is 10.0 Å². The van der Waals surface area contributed by atoms with Crippen LogP contribution in [0.4, 0.5) is 4.39 Å². The maximum absolute atomic E-state index is 14.1. The summed E-state index contributed by atoms with van der Waals surface area (Å²) >= 11 is 0. The van der Waals surface area contributed by atoms with Gasteiger partial charge >= 0.3 is 0 Å². The lowest BCUT2D eigenvalue weighted by molar-refractivity contribution is 0.0923. The van der Waals surface area contributed by atoms with Crippen LogP contribution in [0.25, 0.3) is 5.69 Å². The number of hydrogen-bond donors (Lipinski definition) is 1. The number of carbonyl (C=O) groups excluding carboxylic acids is 1. The lowest BCUT2D eigenvalue weighted by atomic mass is 10.1. The summed E-state index contributed by atoms with van der Waals surface area (Å²) in [5, 5.41) is 5.16. The second kappa shape index (κ2) is 8.74. The topological polar surface area (TPSA) is 85.4 Å². The third-order valence-electron chi connectivity index (χ3n) is 5.56. The summed E-state index contributed by atoms with van der Waals surface area (Å²) in [6.45, 7) is 5.71. The maximum atomic E-state index is 14.1. The van der Waals surface area contributed by atoms with Crippen LogP contribution < -0.4 is 5.14 Å². The summed E-state index contributed by atoms with van der Waals surface area (Å²) in [6.07, 6.45) is 0. The summed E-state index contributed by atoms with van der Waals surface area (Å²) in [5.74, 6) is -0.374. The second-order valence-electron chi connectivity index (χ2n) is 7.69. The van der Waals surface area contributed by atoms with Gasteiger partial charge in [0.05, 0.1) is 11.4 Å². The van der Waals surface area contributed by atoms with Crippen molar-refractivity contribution in [1.29, 1.82) is 0 Å². The Bertz CT molecular complexity index is 1220. The lowest BCUT2D eigenvalue weighted by Gasteiger charge is -2.24. The highest BCUT2D eigenvalue weighted by molar-refractivity contribution is 7.89. The number of aromatic nitrogens is 1. The smallest absolute Gasteiger partial charge is 0.238 e. The van der Waals surface area contributed by atoms with Crippen LogP contribution in [0.5, 0.6) is 0 Å². The van der Waals surface area contributed by atoms with Crippen molar-refractivity contribution in [1.82, 2.24) is 9.47 Å². The molecule has 0 aliphatic carbocycles. The lowest BCUT2D eigenvalue weighted by Crippen LogP contribution is -2.29. The summed E-state index contributed by atoms with van der Waals surface area (Å²) < 4.78 is 39.0. The highest BCUT2D eigenvalue weighted by Crippen LogP contribution is 2.25. The molecule has 0 aliphatic heterocycles. The highest BCUT2D eigenvalue weighted by Gasteiger charge is 2.22. The van der Waals surface area contributed by atoms with Gasteiger partial charge in [-0.25, -0.2) is 17.9 Å². The van der Waals surface area contributed by atoms with Crippen molar-refractivity contribution in [2.24, 2.45) is 5.14 Å². The highest BCUT2D eigenvalue weighted by atomic mass is 32.2. The molecule has 0 saturated carbocycles. The first kappa shape index (κ1) is 22.9. The van der Waals surface area contributed by atoms with Gasteiger partial charge in [0.25, 0.3) is 0 Å². The number of benzene rings is 2. The first-order valence-corrected chi connectivity index (χ1v) is 11.4. The van der Waals surface area contributed by atoms with Crippen LogP contribution in [0.1, 0.15) is 40.3 Å². The van der Waals surface area contributed by atoms with Gasteiger partial charge < -0.3 is 4.57 Å². The van der Waals surface area contributed by atoms with E-state index < -0.39 is 10.0 Å². The summed E-state index contributed by atoms with van der Waals surface area (Å²) in [7, 11) is -1.98.